The van der Waals surface area contributed by atoms with E-state index in [1.54, 1.807) is 0 Å². The SMILES string of the molecule is CC[NH+](C)C.c1ccccc1. The second kappa shape index (κ2) is 7.29. The lowest BCUT2D eigenvalue weighted by molar-refractivity contribution is -0.856. The Morgan fingerprint density at radius 3 is 1.09 bits per heavy atom. The van der Waals surface area contributed by atoms with Crippen molar-refractivity contribution in [2.75, 3.05) is 20.6 Å². The fourth-order valence-electron chi connectivity index (χ4n) is 0.385. The third-order valence-electron chi connectivity index (χ3n) is 1.37. The first-order valence-electron chi connectivity index (χ1n) is 4.06. The van der Waals surface area contributed by atoms with Gasteiger partial charge in [-0.15, -0.1) is 0 Å². The highest BCUT2D eigenvalue weighted by Crippen LogP contribution is 1.79. The van der Waals surface area contributed by atoms with E-state index in [1.165, 1.54) is 11.4 Å². The highest BCUT2D eigenvalue weighted by Gasteiger charge is 1.75. The molecule has 0 spiro atoms. The van der Waals surface area contributed by atoms with Gasteiger partial charge in [-0.25, -0.2) is 0 Å². The summed E-state index contributed by atoms with van der Waals surface area (Å²) in [5.41, 5.74) is 0. The van der Waals surface area contributed by atoms with Crippen LogP contribution in [0.2, 0.25) is 0 Å². The summed E-state index contributed by atoms with van der Waals surface area (Å²) in [6.45, 7) is 3.38. The van der Waals surface area contributed by atoms with E-state index >= 15 is 0 Å². The van der Waals surface area contributed by atoms with Crippen molar-refractivity contribution in [2.45, 2.75) is 6.92 Å². The first kappa shape index (κ1) is 10.2. The van der Waals surface area contributed by atoms with Crippen molar-refractivity contribution in [2.24, 2.45) is 0 Å². The molecule has 0 unspecified atom stereocenters. The van der Waals surface area contributed by atoms with E-state index in [-0.39, 0.29) is 0 Å². The van der Waals surface area contributed by atoms with Gasteiger partial charge in [-0.1, -0.05) is 36.4 Å². The quantitative estimate of drug-likeness (QED) is 0.608. The highest BCUT2D eigenvalue weighted by atomic mass is 15.0. The molecule has 1 N–H and O–H groups in total. The first-order valence-corrected chi connectivity index (χ1v) is 4.06. The number of hydrogen-bond donors (Lipinski definition) is 1. The maximum Gasteiger partial charge on any atom is 0.0738 e. The molecule has 0 aliphatic carbocycles. The minimum absolute atomic E-state index is 1.22. The van der Waals surface area contributed by atoms with Crippen LogP contribution in [0.3, 0.4) is 0 Å². The van der Waals surface area contributed by atoms with Gasteiger partial charge in [0.2, 0.25) is 0 Å². The summed E-state index contributed by atoms with van der Waals surface area (Å²) in [6.07, 6.45) is 0. The first-order chi connectivity index (χ1) is 5.27. The van der Waals surface area contributed by atoms with Crippen LogP contribution in [-0.4, -0.2) is 20.6 Å². The Kier molecular flexibility index (Phi) is 6.75. The van der Waals surface area contributed by atoms with Crippen molar-refractivity contribution < 1.29 is 4.90 Å². The van der Waals surface area contributed by atoms with Gasteiger partial charge in [0.25, 0.3) is 0 Å². The number of benzene rings is 1. The van der Waals surface area contributed by atoms with Gasteiger partial charge in [0.15, 0.2) is 0 Å². The summed E-state index contributed by atoms with van der Waals surface area (Å²) < 4.78 is 0. The normalized spacial score (nSPS) is 8.73. The third-order valence-corrected chi connectivity index (χ3v) is 1.37. The molecule has 1 rings (SSSR count). The van der Waals surface area contributed by atoms with E-state index in [2.05, 4.69) is 21.0 Å². The molecule has 0 bridgehead atoms. The number of quaternary nitrogens is 1. The molecule has 0 radical (unpaired) electrons. The predicted molar refractivity (Wildman–Crippen MR) is 49.8 cm³/mol. The van der Waals surface area contributed by atoms with Crippen LogP contribution in [0.15, 0.2) is 36.4 Å². The standard InChI is InChI=1S/C6H6.C4H11N/c1-2-4-6-5-3-1;1-4-5(2)3/h1-6H;4H2,1-3H3/p+1. The molecule has 0 amide bonds. The molecule has 0 fully saturated rings. The monoisotopic (exact) mass is 152 g/mol. The van der Waals surface area contributed by atoms with Gasteiger partial charge in [-0.3, -0.25) is 0 Å². The highest BCUT2D eigenvalue weighted by molar-refractivity contribution is 4.99. The fraction of sp³-hybridized carbons (Fsp3) is 0.400. The molecule has 0 aromatic heterocycles. The average molecular weight is 152 g/mol. The van der Waals surface area contributed by atoms with E-state index in [1.807, 2.05) is 36.4 Å². The minimum Gasteiger partial charge on any atom is -0.340 e. The van der Waals surface area contributed by atoms with Crippen molar-refractivity contribution in [3.8, 4) is 0 Å². The summed E-state index contributed by atoms with van der Waals surface area (Å²) in [6, 6.07) is 12.0. The number of nitrogens with one attached hydrogen (secondary N) is 1. The maximum atomic E-state index is 2.16. The Morgan fingerprint density at radius 2 is 1.00 bits per heavy atom. The van der Waals surface area contributed by atoms with E-state index in [4.69, 9.17) is 0 Å². The smallest absolute Gasteiger partial charge is 0.0738 e. The summed E-state index contributed by atoms with van der Waals surface area (Å²) in [4.78, 5) is 1.50. The zero-order chi connectivity index (χ0) is 8.53. The average Bonchev–Trinajstić information content (AvgIpc) is 2.09. The van der Waals surface area contributed by atoms with Gasteiger partial charge < -0.3 is 4.90 Å². The second-order valence-corrected chi connectivity index (χ2v) is 2.72. The van der Waals surface area contributed by atoms with Crippen LogP contribution in [-0.2, 0) is 0 Å². The molecule has 0 saturated heterocycles. The Balaban J connectivity index is 0.000000187. The number of hydrogen-bond acceptors (Lipinski definition) is 0. The molecule has 62 valence electrons. The lowest BCUT2D eigenvalue weighted by atomic mass is 10.4. The van der Waals surface area contributed by atoms with E-state index < -0.39 is 0 Å². The van der Waals surface area contributed by atoms with Crippen LogP contribution in [0.5, 0.6) is 0 Å². The zero-order valence-electron chi connectivity index (χ0n) is 7.67. The molecule has 11 heavy (non-hydrogen) atoms. The molecule has 0 heterocycles. The molecule has 1 aromatic carbocycles. The lowest BCUT2D eigenvalue weighted by Gasteiger charge is -1.97. The van der Waals surface area contributed by atoms with Crippen LogP contribution in [0, 0.1) is 0 Å². The topological polar surface area (TPSA) is 4.44 Å². The summed E-state index contributed by atoms with van der Waals surface area (Å²) >= 11 is 0. The van der Waals surface area contributed by atoms with Gasteiger partial charge in [0.1, 0.15) is 0 Å². The van der Waals surface area contributed by atoms with E-state index in [9.17, 15) is 0 Å². The Bertz CT molecular complexity index is 120. The molecular weight excluding hydrogens is 134 g/mol. The number of rotatable bonds is 1. The van der Waals surface area contributed by atoms with Crippen molar-refractivity contribution in [3.05, 3.63) is 36.4 Å². The van der Waals surface area contributed by atoms with Gasteiger partial charge >= 0.3 is 0 Å². The molecule has 0 atom stereocenters. The second-order valence-electron chi connectivity index (χ2n) is 2.72. The fourth-order valence-corrected chi connectivity index (χ4v) is 0.385. The third kappa shape index (κ3) is 9.18. The molecule has 1 heteroatoms. The lowest BCUT2D eigenvalue weighted by Crippen LogP contribution is -3.05. The van der Waals surface area contributed by atoms with Crippen LogP contribution >= 0.6 is 0 Å². The Morgan fingerprint density at radius 1 is 0.818 bits per heavy atom. The molecule has 1 nitrogen and oxygen atoms in total. The van der Waals surface area contributed by atoms with Crippen LogP contribution in [0.25, 0.3) is 0 Å². The van der Waals surface area contributed by atoms with E-state index in [0.717, 1.165) is 0 Å². The van der Waals surface area contributed by atoms with Crippen molar-refractivity contribution in [1.29, 1.82) is 0 Å². The van der Waals surface area contributed by atoms with Gasteiger partial charge in [0.05, 0.1) is 20.6 Å². The van der Waals surface area contributed by atoms with Crippen LogP contribution in [0.4, 0.5) is 0 Å². The van der Waals surface area contributed by atoms with Gasteiger partial charge in [0, 0.05) is 0 Å². The van der Waals surface area contributed by atoms with Crippen LogP contribution in [0.1, 0.15) is 6.92 Å². The Hall–Kier alpha value is -0.820. The molecule has 0 aliphatic rings. The Labute approximate surface area is 69.7 Å². The van der Waals surface area contributed by atoms with Gasteiger partial charge in [-0.2, -0.15) is 0 Å². The van der Waals surface area contributed by atoms with Crippen molar-refractivity contribution in [1.82, 2.24) is 0 Å². The summed E-state index contributed by atoms with van der Waals surface area (Å²) in [5.74, 6) is 0. The van der Waals surface area contributed by atoms with Crippen molar-refractivity contribution in [3.63, 3.8) is 0 Å². The molecule has 1 aromatic rings. The minimum atomic E-state index is 1.22. The maximum absolute atomic E-state index is 2.16. The summed E-state index contributed by atoms with van der Waals surface area (Å²) in [5, 5.41) is 0. The molecule has 0 aliphatic heterocycles. The van der Waals surface area contributed by atoms with Crippen molar-refractivity contribution >= 4 is 0 Å². The summed E-state index contributed by atoms with van der Waals surface area (Å²) in [7, 11) is 4.28. The predicted octanol–water partition coefficient (Wildman–Crippen LogP) is 0.837. The van der Waals surface area contributed by atoms with E-state index in [0.29, 0.717) is 0 Å². The molecule has 0 saturated carbocycles. The molecular formula is C10H18N+. The largest absolute Gasteiger partial charge is 0.340 e. The van der Waals surface area contributed by atoms with Gasteiger partial charge in [-0.05, 0) is 6.92 Å². The zero-order valence-corrected chi connectivity index (χ0v) is 7.67. The van der Waals surface area contributed by atoms with Crippen LogP contribution < -0.4 is 4.90 Å².